The van der Waals surface area contributed by atoms with Gasteiger partial charge in [-0.15, -0.1) is 0 Å². The Bertz CT molecular complexity index is 1060. The molecule has 0 bridgehead atoms. The largest absolute Gasteiger partial charge is 0.445 e. The molecule has 0 aliphatic carbocycles. The van der Waals surface area contributed by atoms with Crippen molar-refractivity contribution < 1.29 is 19.4 Å². The quantitative estimate of drug-likeness (QED) is 0.345. The summed E-state index contributed by atoms with van der Waals surface area (Å²) in [6.07, 6.45) is 4.49. The molecular weight excluding hydrogens is 440 g/mol. The van der Waals surface area contributed by atoms with Crippen LogP contribution in [0.2, 0.25) is 0 Å². The summed E-state index contributed by atoms with van der Waals surface area (Å²) in [5.74, 6) is -0.305. The van der Waals surface area contributed by atoms with Crippen molar-refractivity contribution in [3.63, 3.8) is 0 Å². The molecule has 0 spiro atoms. The van der Waals surface area contributed by atoms with Crippen molar-refractivity contribution >= 4 is 12.0 Å². The lowest BCUT2D eigenvalue weighted by atomic mass is 10.0. The summed E-state index contributed by atoms with van der Waals surface area (Å²) in [5.41, 5.74) is 2.86. The van der Waals surface area contributed by atoms with Gasteiger partial charge < -0.3 is 20.5 Å². The van der Waals surface area contributed by atoms with E-state index in [2.05, 4.69) is 10.6 Å². The van der Waals surface area contributed by atoms with Crippen LogP contribution in [0.5, 0.6) is 0 Å². The average Bonchev–Trinajstić information content (AvgIpc) is 2.89. The molecular formula is C29H32N2O4. The van der Waals surface area contributed by atoms with Crippen LogP contribution in [-0.2, 0) is 29.0 Å². The van der Waals surface area contributed by atoms with Gasteiger partial charge >= 0.3 is 6.09 Å². The molecule has 0 aliphatic rings. The molecule has 0 fully saturated rings. The topological polar surface area (TPSA) is 87.7 Å². The van der Waals surface area contributed by atoms with E-state index in [0.717, 1.165) is 16.7 Å². The fourth-order valence-electron chi connectivity index (χ4n) is 3.62. The molecule has 6 heteroatoms. The number of hydrogen-bond donors (Lipinski definition) is 3. The number of rotatable bonds is 12. The first-order valence-electron chi connectivity index (χ1n) is 11.8. The van der Waals surface area contributed by atoms with E-state index in [1.54, 1.807) is 0 Å². The molecule has 0 aliphatic heterocycles. The first-order chi connectivity index (χ1) is 17.1. The Hall–Kier alpha value is -3.90. The molecule has 3 aromatic carbocycles. The number of hydrogen-bond acceptors (Lipinski definition) is 4. The highest BCUT2D eigenvalue weighted by molar-refractivity contribution is 5.86. The van der Waals surface area contributed by atoms with Gasteiger partial charge in [0.25, 0.3) is 0 Å². The zero-order valence-electron chi connectivity index (χ0n) is 19.7. The number of amides is 2. The lowest BCUT2D eigenvalue weighted by Crippen LogP contribution is -2.50. The van der Waals surface area contributed by atoms with E-state index >= 15 is 0 Å². The van der Waals surface area contributed by atoms with Gasteiger partial charge in [-0.2, -0.15) is 0 Å². The third kappa shape index (κ3) is 9.47. The first-order valence-corrected chi connectivity index (χ1v) is 11.8. The van der Waals surface area contributed by atoms with Gasteiger partial charge in [0.1, 0.15) is 12.6 Å². The lowest BCUT2D eigenvalue weighted by Gasteiger charge is -2.22. The second-order valence-electron chi connectivity index (χ2n) is 8.19. The van der Waals surface area contributed by atoms with Crippen LogP contribution < -0.4 is 10.6 Å². The molecule has 0 unspecified atom stereocenters. The normalized spacial score (nSPS) is 12.6. The van der Waals surface area contributed by atoms with Gasteiger partial charge in [-0.05, 0) is 29.5 Å². The van der Waals surface area contributed by atoms with Crippen molar-refractivity contribution in [2.24, 2.45) is 0 Å². The van der Waals surface area contributed by atoms with Gasteiger partial charge in [-0.25, -0.2) is 4.79 Å². The smallest absolute Gasteiger partial charge is 0.408 e. The van der Waals surface area contributed by atoms with Crippen molar-refractivity contribution in [2.45, 2.75) is 38.0 Å². The molecule has 0 aromatic heterocycles. The maximum absolute atomic E-state index is 13.3. The van der Waals surface area contributed by atoms with E-state index < -0.39 is 12.1 Å². The minimum Gasteiger partial charge on any atom is -0.445 e. The fraction of sp³-hybridized carbons (Fsp3) is 0.241. The Labute approximate surface area is 206 Å². The van der Waals surface area contributed by atoms with Gasteiger partial charge in [0.15, 0.2) is 0 Å². The minimum absolute atomic E-state index is 0.0357. The number of aliphatic hydroxyl groups excluding tert-OH is 1. The summed E-state index contributed by atoms with van der Waals surface area (Å²) in [6.45, 7) is 0.154. The molecule has 2 amide bonds. The van der Waals surface area contributed by atoms with Gasteiger partial charge in [0.05, 0.1) is 6.04 Å². The maximum Gasteiger partial charge on any atom is 0.408 e. The third-order valence-corrected chi connectivity index (χ3v) is 5.39. The van der Waals surface area contributed by atoms with Crippen LogP contribution in [0.4, 0.5) is 4.79 Å². The van der Waals surface area contributed by atoms with Gasteiger partial charge in [0.2, 0.25) is 5.91 Å². The summed E-state index contributed by atoms with van der Waals surface area (Å²) in [6, 6.07) is 27.7. The minimum atomic E-state index is -0.815. The molecule has 2 atom stereocenters. The molecule has 3 rings (SSSR count). The summed E-state index contributed by atoms with van der Waals surface area (Å²) >= 11 is 0. The van der Waals surface area contributed by atoms with E-state index in [9.17, 15) is 9.59 Å². The van der Waals surface area contributed by atoms with Crippen molar-refractivity contribution in [3.8, 4) is 0 Å². The van der Waals surface area contributed by atoms with Crippen LogP contribution >= 0.6 is 0 Å². The van der Waals surface area contributed by atoms with E-state index in [-0.39, 0.29) is 25.2 Å². The average molecular weight is 473 g/mol. The SMILES string of the molecule is O=C(N[C@@H](Cc1ccccc1)C(=O)N[C@H](/C=C/CCO)Cc1ccccc1)OCc1ccccc1. The fourth-order valence-corrected chi connectivity index (χ4v) is 3.62. The van der Waals surface area contributed by atoms with Crippen molar-refractivity contribution in [2.75, 3.05) is 6.61 Å². The molecule has 0 saturated carbocycles. The van der Waals surface area contributed by atoms with E-state index in [1.165, 1.54) is 0 Å². The zero-order valence-corrected chi connectivity index (χ0v) is 19.7. The Balaban J connectivity index is 1.69. The Kier molecular flexibility index (Phi) is 10.6. The highest BCUT2D eigenvalue weighted by atomic mass is 16.5. The molecule has 0 radical (unpaired) electrons. The third-order valence-electron chi connectivity index (χ3n) is 5.39. The molecule has 182 valence electrons. The molecule has 0 saturated heterocycles. The zero-order chi connectivity index (χ0) is 24.7. The summed E-state index contributed by atoms with van der Waals surface area (Å²) < 4.78 is 5.35. The highest BCUT2D eigenvalue weighted by Crippen LogP contribution is 2.08. The predicted molar refractivity (Wildman–Crippen MR) is 137 cm³/mol. The second-order valence-corrected chi connectivity index (χ2v) is 8.19. The van der Waals surface area contributed by atoms with Crippen molar-refractivity contribution in [1.29, 1.82) is 0 Å². The number of aliphatic hydroxyl groups is 1. The van der Waals surface area contributed by atoms with Crippen molar-refractivity contribution in [3.05, 3.63) is 120 Å². The van der Waals surface area contributed by atoms with E-state index in [4.69, 9.17) is 9.84 Å². The van der Waals surface area contributed by atoms with Crippen LogP contribution in [0.25, 0.3) is 0 Å². The molecule has 6 nitrogen and oxygen atoms in total. The van der Waals surface area contributed by atoms with Crippen LogP contribution in [0.1, 0.15) is 23.1 Å². The van der Waals surface area contributed by atoms with Gasteiger partial charge in [-0.3, -0.25) is 4.79 Å². The molecule has 3 N–H and O–H groups in total. The maximum atomic E-state index is 13.3. The Morgan fingerprint density at radius 2 is 1.31 bits per heavy atom. The standard InChI is InChI=1S/C29H32N2O4/c32-19-11-10-18-26(20-23-12-4-1-5-13-23)30-28(33)27(21-24-14-6-2-7-15-24)31-29(34)35-22-25-16-8-3-9-17-25/h1-10,12-18,26-27,32H,11,19-22H2,(H,30,33)(H,31,34)/b18-10+/t26-,27+/m1/s1. The van der Waals surface area contributed by atoms with Crippen LogP contribution in [0.3, 0.4) is 0 Å². The summed E-state index contributed by atoms with van der Waals surface area (Å²) in [4.78, 5) is 25.9. The van der Waals surface area contributed by atoms with Crippen LogP contribution in [-0.4, -0.2) is 35.8 Å². The monoisotopic (exact) mass is 472 g/mol. The van der Waals surface area contributed by atoms with E-state index in [1.807, 2.05) is 103 Å². The van der Waals surface area contributed by atoms with Gasteiger partial charge in [-0.1, -0.05) is 103 Å². The second kappa shape index (κ2) is 14.4. The number of carbonyl (C=O) groups is 2. The highest BCUT2D eigenvalue weighted by Gasteiger charge is 2.24. The Morgan fingerprint density at radius 1 is 0.771 bits per heavy atom. The van der Waals surface area contributed by atoms with Gasteiger partial charge in [0, 0.05) is 13.0 Å². The number of ether oxygens (including phenoxy) is 1. The van der Waals surface area contributed by atoms with Crippen molar-refractivity contribution in [1.82, 2.24) is 10.6 Å². The lowest BCUT2D eigenvalue weighted by molar-refractivity contribution is -0.123. The first kappa shape index (κ1) is 25.7. The summed E-state index contributed by atoms with van der Waals surface area (Å²) in [7, 11) is 0. The molecule has 0 heterocycles. The summed E-state index contributed by atoms with van der Waals surface area (Å²) in [5, 5.41) is 14.9. The molecule has 3 aromatic rings. The van der Waals surface area contributed by atoms with Crippen LogP contribution in [0.15, 0.2) is 103 Å². The van der Waals surface area contributed by atoms with E-state index in [0.29, 0.717) is 19.3 Å². The predicted octanol–water partition coefficient (Wildman–Crippen LogP) is 4.19. The van der Waals surface area contributed by atoms with Crippen LogP contribution in [0, 0.1) is 0 Å². The number of alkyl carbamates (subject to hydrolysis) is 1. The Morgan fingerprint density at radius 3 is 1.89 bits per heavy atom. The number of nitrogens with one attached hydrogen (secondary N) is 2. The molecule has 35 heavy (non-hydrogen) atoms. The number of carbonyl (C=O) groups excluding carboxylic acids is 2. The number of benzene rings is 3.